The maximum atomic E-state index is 12.4. The predicted molar refractivity (Wildman–Crippen MR) is 269 cm³/mol. The van der Waals surface area contributed by atoms with E-state index in [0.29, 0.717) is 19.4 Å². The van der Waals surface area contributed by atoms with Crippen molar-refractivity contribution in [1.82, 2.24) is 5.32 Å². The molecule has 0 aromatic heterocycles. The number of allylic oxidation sites excluding steroid dienone is 1. The second kappa shape index (κ2) is 52.2. The van der Waals surface area contributed by atoms with Crippen LogP contribution in [0.1, 0.15) is 309 Å². The first kappa shape index (κ1) is 60.6. The van der Waals surface area contributed by atoms with Gasteiger partial charge in [0.05, 0.1) is 25.4 Å². The highest BCUT2D eigenvalue weighted by Gasteiger charge is 2.18. The van der Waals surface area contributed by atoms with Gasteiger partial charge in [0.2, 0.25) is 5.91 Å². The fraction of sp³-hybridized carbons (Fsp3) is 0.929. The van der Waals surface area contributed by atoms with E-state index < -0.39 is 12.1 Å². The van der Waals surface area contributed by atoms with Gasteiger partial charge >= 0.3 is 5.97 Å². The number of ether oxygens (including phenoxy) is 1. The van der Waals surface area contributed by atoms with Gasteiger partial charge < -0.3 is 20.3 Å². The second-order valence-electron chi connectivity index (χ2n) is 19.3. The number of aliphatic hydroxyl groups is 2. The maximum absolute atomic E-state index is 12.4. The fourth-order valence-electron chi connectivity index (χ4n) is 8.75. The first-order chi connectivity index (χ1) is 30.5. The molecule has 0 aromatic rings. The number of amides is 1. The molecule has 0 spiro atoms. The number of esters is 1. The van der Waals surface area contributed by atoms with E-state index in [-0.39, 0.29) is 18.5 Å². The Morgan fingerprint density at radius 2 is 0.742 bits per heavy atom. The lowest BCUT2D eigenvalue weighted by Gasteiger charge is -2.20. The number of nitrogens with one attached hydrogen (secondary N) is 1. The van der Waals surface area contributed by atoms with Gasteiger partial charge in [0.15, 0.2) is 0 Å². The SMILES string of the molecule is CCCCCCCCCCC/C=C/C(O)C(CO)NC(=O)CCCCCCCCCCCCCCCCCCCCCCOC(=O)CCCCCCCCCCCCCCCC. The molecule has 0 saturated carbocycles. The van der Waals surface area contributed by atoms with E-state index in [9.17, 15) is 19.8 Å². The number of unbranched alkanes of at least 4 members (excludes halogenated alkanes) is 41. The van der Waals surface area contributed by atoms with Crippen molar-refractivity contribution in [1.29, 1.82) is 0 Å². The quantitative estimate of drug-likeness (QED) is 0.0321. The van der Waals surface area contributed by atoms with Crippen LogP contribution >= 0.6 is 0 Å². The number of carbonyl (C=O) groups excluding carboxylic acids is 2. The molecule has 0 saturated heterocycles. The molecule has 2 atom stereocenters. The molecule has 368 valence electrons. The Labute approximate surface area is 387 Å². The average Bonchev–Trinajstić information content (AvgIpc) is 3.27. The van der Waals surface area contributed by atoms with Crippen molar-refractivity contribution in [3.63, 3.8) is 0 Å². The maximum Gasteiger partial charge on any atom is 0.305 e. The molecule has 62 heavy (non-hydrogen) atoms. The third kappa shape index (κ3) is 48.1. The Bertz CT molecular complexity index is 924. The Morgan fingerprint density at radius 3 is 1.10 bits per heavy atom. The van der Waals surface area contributed by atoms with Crippen molar-refractivity contribution in [3.8, 4) is 0 Å². The zero-order chi connectivity index (χ0) is 45.1. The number of hydrogen-bond acceptors (Lipinski definition) is 5. The van der Waals surface area contributed by atoms with Crippen LogP contribution in [-0.4, -0.2) is 47.4 Å². The molecule has 0 bridgehead atoms. The van der Waals surface area contributed by atoms with Crippen LogP contribution in [-0.2, 0) is 14.3 Å². The molecular formula is C56H109NO5. The van der Waals surface area contributed by atoms with Gasteiger partial charge in [-0.25, -0.2) is 0 Å². The number of hydrogen-bond donors (Lipinski definition) is 3. The summed E-state index contributed by atoms with van der Waals surface area (Å²) in [6.45, 7) is 4.90. The summed E-state index contributed by atoms with van der Waals surface area (Å²) in [5, 5.41) is 23.0. The summed E-state index contributed by atoms with van der Waals surface area (Å²) < 4.78 is 5.48. The van der Waals surface area contributed by atoms with Crippen molar-refractivity contribution in [2.45, 2.75) is 321 Å². The van der Waals surface area contributed by atoms with Crippen LogP contribution in [0, 0.1) is 0 Å². The lowest BCUT2D eigenvalue weighted by molar-refractivity contribution is -0.143. The third-order valence-electron chi connectivity index (χ3n) is 13.1. The van der Waals surface area contributed by atoms with Crippen LogP contribution in [0.2, 0.25) is 0 Å². The van der Waals surface area contributed by atoms with Gasteiger partial charge in [-0.15, -0.1) is 0 Å². The van der Waals surface area contributed by atoms with Gasteiger partial charge in [-0.2, -0.15) is 0 Å². The normalized spacial score (nSPS) is 12.6. The highest BCUT2D eigenvalue weighted by Crippen LogP contribution is 2.17. The minimum Gasteiger partial charge on any atom is -0.466 e. The first-order valence-electron chi connectivity index (χ1n) is 28.0. The summed E-state index contributed by atoms with van der Waals surface area (Å²) in [5.74, 6) is -0.0578. The van der Waals surface area contributed by atoms with Gasteiger partial charge in [0, 0.05) is 12.8 Å². The summed E-state index contributed by atoms with van der Waals surface area (Å²) in [6, 6.07) is -0.626. The summed E-state index contributed by atoms with van der Waals surface area (Å²) >= 11 is 0. The van der Waals surface area contributed by atoms with Crippen LogP contribution in [0.15, 0.2) is 12.2 Å². The van der Waals surface area contributed by atoms with Gasteiger partial charge in [-0.3, -0.25) is 9.59 Å². The molecule has 1 amide bonds. The van der Waals surface area contributed by atoms with Crippen LogP contribution in [0.5, 0.6) is 0 Å². The summed E-state index contributed by atoms with van der Waals surface area (Å²) in [6.07, 6.45) is 60.9. The Kier molecular flexibility index (Phi) is 51.0. The molecule has 0 aromatic carbocycles. The molecule has 0 aliphatic rings. The molecule has 0 rings (SSSR count). The fourth-order valence-corrected chi connectivity index (χ4v) is 8.75. The van der Waals surface area contributed by atoms with Crippen LogP contribution < -0.4 is 5.32 Å². The van der Waals surface area contributed by atoms with Crippen molar-refractivity contribution >= 4 is 11.9 Å². The van der Waals surface area contributed by atoms with Crippen LogP contribution in [0.25, 0.3) is 0 Å². The van der Waals surface area contributed by atoms with Crippen molar-refractivity contribution in [2.24, 2.45) is 0 Å². The van der Waals surface area contributed by atoms with Gasteiger partial charge in [0.1, 0.15) is 0 Å². The molecule has 0 heterocycles. The Hall–Kier alpha value is -1.40. The van der Waals surface area contributed by atoms with Gasteiger partial charge in [-0.05, 0) is 32.1 Å². The topological polar surface area (TPSA) is 95.9 Å². The van der Waals surface area contributed by atoms with Crippen LogP contribution in [0.4, 0.5) is 0 Å². The first-order valence-corrected chi connectivity index (χ1v) is 28.0. The monoisotopic (exact) mass is 876 g/mol. The molecule has 0 fully saturated rings. The van der Waals surface area contributed by atoms with E-state index in [2.05, 4.69) is 19.2 Å². The molecular weight excluding hydrogens is 767 g/mol. The lowest BCUT2D eigenvalue weighted by Crippen LogP contribution is -2.45. The average molecular weight is 876 g/mol. The van der Waals surface area contributed by atoms with Crippen LogP contribution in [0.3, 0.4) is 0 Å². The largest absolute Gasteiger partial charge is 0.466 e. The third-order valence-corrected chi connectivity index (χ3v) is 13.1. The Balaban J connectivity index is 3.38. The van der Waals surface area contributed by atoms with Crippen molar-refractivity contribution < 1.29 is 24.5 Å². The minimum atomic E-state index is -0.843. The van der Waals surface area contributed by atoms with Gasteiger partial charge in [-0.1, -0.05) is 276 Å². The number of rotatable bonds is 52. The summed E-state index contributed by atoms with van der Waals surface area (Å²) in [4.78, 5) is 24.4. The van der Waals surface area contributed by atoms with Crippen molar-refractivity contribution in [3.05, 3.63) is 12.2 Å². The van der Waals surface area contributed by atoms with E-state index in [1.807, 2.05) is 6.08 Å². The zero-order valence-corrected chi connectivity index (χ0v) is 41.9. The van der Waals surface area contributed by atoms with E-state index in [0.717, 1.165) is 38.5 Å². The van der Waals surface area contributed by atoms with Crippen molar-refractivity contribution in [2.75, 3.05) is 13.2 Å². The molecule has 2 unspecified atom stereocenters. The minimum absolute atomic E-state index is 0.0123. The number of aliphatic hydroxyl groups excluding tert-OH is 2. The molecule has 6 nitrogen and oxygen atoms in total. The predicted octanol–water partition coefficient (Wildman–Crippen LogP) is 16.9. The molecule has 6 heteroatoms. The molecule has 0 aliphatic heterocycles. The molecule has 3 N–H and O–H groups in total. The summed E-state index contributed by atoms with van der Waals surface area (Å²) in [5.41, 5.74) is 0. The van der Waals surface area contributed by atoms with E-state index >= 15 is 0 Å². The smallest absolute Gasteiger partial charge is 0.305 e. The molecule has 0 aliphatic carbocycles. The lowest BCUT2D eigenvalue weighted by atomic mass is 10.0. The summed E-state index contributed by atoms with van der Waals surface area (Å²) in [7, 11) is 0. The highest BCUT2D eigenvalue weighted by atomic mass is 16.5. The second-order valence-corrected chi connectivity index (χ2v) is 19.3. The highest BCUT2D eigenvalue weighted by molar-refractivity contribution is 5.76. The molecule has 0 radical (unpaired) electrons. The Morgan fingerprint density at radius 1 is 0.435 bits per heavy atom. The van der Waals surface area contributed by atoms with Gasteiger partial charge in [0.25, 0.3) is 0 Å². The standard InChI is InChI=1S/C56H109NO5/c1-3-5-7-9-11-13-15-16-26-30-34-38-42-46-50-56(61)62-51-47-43-39-35-31-27-24-22-20-18-17-19-21-23-25-29-33-37-41-45-49-55(60)57-53(52-58)54(59)48-44-40-36-32-28-14-12-10-8-6-4-2/h44,48,53-54,58-59H,3-43,45-47,49-52H2,1-2H3,(H,57,60)/b48-44+. The van der Waals surface area contributed by atoms with E-state index in [1.54, 1.807) is 6.08 Å². The van der Waals surface area contributed by atoms with E-state index in [4.69, 9.17) is 4.74 Å². The van der Waals surface area contributed by atoms with E-state index in [1.165, 1.54) is 244 Å². The zero-order valence-electron chi connectivity index (χ0n) is 41.9. The number of carbonyl (C=O) groups is 2.